The van der Waals surface area contributed by atoms with E-state index in [9.17, 15) is 4.79 Å². The molecule has 0 aliphatic heterocycles. The van der Waals surface area contributed by atoms with Crippen LogP contribution in [0.5, 0.6) is 0 Å². The summed E-state index contributed by atoms with van der Waals surface area (Å²) in [5.41, 5.74) is 8.30. The molecule has 0 fully saturated rings. The van der Waals surface area contributed by atoms with Crippen molar-refractivity contribution < 1.29 is 4.79 Å². The van der Waals surface area contributed by atoms with Crippen LogP contribution in [0.1, 0.15) is 38.2 Å². The fourth-order valence-electron chi connectivity index (χ4n) is 2.17. The smallest absolute Gasteiger partial charge is 0.272 e. The van der Waals surface area contributed by atoms with Crippen LogP contribution in [-0.2, 0) is 0 Å². The first-order chi connectivity index (χ1) is 13.1. The quantitative estimate of drug-likeness (QED) is 0.448. The number of aromatic amines is 1. The molecule has 2 heterocycles. The third-order valence-corrected chi connectivity index (χ3v) is 4.12. The SMILES string of the molecule is C=N/C=C\C(=C)CNC(=O)c1n[nH]c2ccc3nc(N)sc3c12.CC.CC. The van der Waals surface area contributed by atoms with Gasteiger partial charge in [0.05, 0.1) is 21.1 Å². The van der Waals surface area contributed by atoms with Crippen molar-refractivity contribution in [1.29, 1.82) is 0 Å². The molecule has 8 heteroatoms. The van der Waals surface area contributed by atoms with E-state index in [4.69, 9.17) is 5.73 Å². The summed E-state index contributed by atoms with van der Waals surface area (Å²) in [5, 5.41) is 10.9. The van der Waals surface area contributed by atoms with Gasteiger partial charge in [0.1, 0.15) is 0 Å². The largest absolute Gasteiger partial charge is 0.375 e. The van der Waals surface area contributed by atoms with Crippen LogP contribution in [0.3, 0.4) is 0 Å². The van der Waals surface area contributed by atoms with Crippen molar-refractivity contribution in [3.63, 3.8) is 0 Å². The molecule has 0 radical (unpaired) electrons. The monoisotopic (exact) mass is 386 g/mol. The van der Waals surface area contributed by atoms with Crippen LogP contribution >= 0.6 is 11.3 Å². The minimum Gasteiger partial charge on any atom is -0.375 e. The second-order valence-corrected chi connectivity index (χ2v) is 5.83. The van der Waals surface area contributed by atoms with Crippen LogP contribution in [0.2, 0.25) is 0 Å². The van der Waals surface area contributed by atoms with Gasteiger partial charge in [-0.1, -0.05) is 45.6 Å². The Morgan fingerprint density at radius 1 is 1.37 bits per heavy atom. The molecule has 27 heavy (non-hydrogen) atoms. The predicted molar refractivity (Wildman–Crippen MR) is 117 cm³/mol. The number of benzene rings is 1. The number of aromatic nitrogens is 3. The highest BCUT2D eigenvalue weighted by Gasteiger charge is 2.18. The molecule has 0 bridgehead atoms. The second kappa shape index (κ2) is 10.9. The zero-order valence-electron chi connectivity index (χ0n) is 16.2. The van der Waals surface area contributed by atoms with Crippen molar-refractivity contribution >= 4 is 50.2 Å². The van der Waals surface area contributed by atoms with Gasteiger partial charge in [-0.05, 0) is 30.5 Å². The number of fused-ring (bicyclic) bond motifs is 3. The van der Waals surface area contributed by atoms with Crippen molar-refractivity contribution in [3.8, 4) is 0 Å². The summed E-state index contributed by atoms with van der Waals surface area (Å²) in [6.07, 6.45) is 3.19. The first-order valence-corrected chi connectivity index (χ1v) is 9.53. The molecule has 0 atom stereocenters. The van der Waals surface area contributed by atoms with Gasteiger partial charge in [-0.3, -0.25) is 14.9 Å². The van der Waals surface area contributed by atoms with E-state index >= 15 is 0 Å². The average molecular weight is 387 g/mol. The van der Waals surface area contributed by atoms with E-state index in [-0.39, 0.29) is 5.91 Å². The number of aliphatic imine (C=N–C) groups is 1. The van der Waals surface area contributed by atoms with Crippen molar-refractivity contribution in [2.24, 2.45) is 4.99 Å². The van der Waals surface area contributed by atoms with Gasteiger partial charge in [-0.2, -0.15) is 5.10 Å². The Morgan fingerprint density at radius 2 is 2.07 bits per heavy atom. The maximum atomic E-state index is 12.4. The molecule has 3 rings (SSSR count). The Balaban J connectivity index is 0.000000855. The van der Waals surface area contributed by atoms with Gasteiger partial charge < -0.3 is 11.1 Å². The van der Waals surface area contributed by atoms with Gasteiger partial charge in [0.15, 0.2) is 10.8 Å². The Labute approximate surface area is 163 Å². The highest BCUT2D eigenvalue weighted by molar-refractivity contribution is 7.23. The maximum Gasteiger partial charge on any atom is 0.272 e. The molecule has 144 valence electrons. The zero-order valence-corrected chi connectivity index (χ0v) is 17.0. The fourth-order valence-corrected chi connectivity index (χ4v) is 3.05. The molecule has 4 N–H and O–H groups in total. The van der Waals surface area contributed by atoms with Crippen LogP contribution < -0.4 is 11.1 Å². The fraction of sp³-hybridized carbons (Fsp3) is 0.263. The van der Waals surface area contributed by atoms with Crippen molar-refractivity contribution in [1.82, 2.24) is 20.5 Å². The van der Waals surface area contributed by atoms with E-state index in [0.717, 1.165) is 21.1 Å². The lowest BCUT2D eigenvalue weighted by atomic mass is 10.2. The van der Waals surface area contributed by atoms with E-state index in [1.807, 2.05) is 39.8 Å². The Morgan fingerprint density at radius 3 is 2.74 bits per heavy atom. The summed E-state index contributed by atoms with van der Waals surface area (Å²) in [6, 6.07) is 3.68. The van der Waals surface area contributed by atoms with Crippen LogP contribution in [0.25, 0.3) is 21.1 Å². The molecule has 1 aromatic carbocycles. The molecule has 1 amide bonds. The van der Waals surface area contributed by atoms with Crippen molar-refractivity contribution in [3.05, 3.63) is 42.3 Å². The van der Waals surface area contributed by atoms with Gasteiger partial charge in [-0.25, -0.2) is 4.98 Å². The number of thiazole rings is 1. The zero-order chi connectivity index (χ0) is 20.4. The Kier molecular flexibility index (Phi) is 8.87. The molecular formula is C19H26N6OS. The first-order valence-electron chi connectivity index (χ1n) is 8.71. The minimum absolute atomic E-state index is 0.292. The maximum absolute atomic E-state index is 12.4. The van der Waals surface area contributed by atoms with Crippen molar-refractivity contribution in [2.45, 2.75) is 27.7 Å². The van der Waals surface area contributed by atoms with Gasteiger partial charge >= 0.3 is 0 Å². The normalized spacial score (nSPS) is 10.1. The highest BCUT2D eigenvalue weighted by Crippen LogP contribution is 2.32. The van der Waals surface area contributed by atoms with Crippen LogP contribution in [-0.4, -0.2) is 34.4 Å². The lowest BCUT2D eigenvalue weighted by molar-refractivity contribution is 0.0954. The summed E-state index contributed by atoms with van der Waals surface area (Å²) >= 11 is 1.33. The summed E-state index contributed by atoms with van der Waals surface area (Å²) in [6.45, 7) is 15.5. The van der Waals surface area contributed by atoms with E-state index in [1.54, 1.807) is 6.08 Å². The summed E-state index contributed by atoms with van der Waals surface area (Å²) in [4.78, 5) is 20.2. The molecule has 3 aromatic rings. The molecule has 0 aliphatic carbocycles. The van der Waals surface area contributed by atoms with Gasteiger partial charge in [0.25, 0.3) is 5.91 Å². The summed E-state index contributed by atoms with van der Waals surface area (Å²) < 4.78 is 0.841. The molecule has 0 saturated heterocycles. The molecule has 0 spiro atoms. The lowest BCUT2D eigenvalue weighted by Gasteiger charge is -2.03. The lowest BCUT2D eigenvalue weighted by Crippen LogP contribution is -2.25. The number of rotatable bonds is 5. The number of hydrogen-bond acceptors (Lipinski definition) is 6. The molecule has 0 unspecified atom stereocenters. The van der Waals surface area contributed by atoms with Crippen LogP contribution in [0.4, 0.5) is 5.13 Å². The average Bonchev–Trinajstić information content (AvgIpc) is 3.30. The van der Waals surface area contributed by atoms with Gasteiger partial charge in [-0.15, -0.1) is 0 Å². The number of carbonyl (C=O) groups excluding carboxylic acids is 1. The number of nitrogens with zero attached hydrogens (tertiary/aromatic N) is 3. The molecule has 0 aliphatic rings. The summed E-state index contributed by atoms with van der Waals surface area (Å²) in [7, 11) is 0. The standard InChI is InChI=1S/C15H14N6OS.2C2H6/c1-8(5-6-17-2)7-18-14(22)12-11-9(20-21-12)3-4-10-13(11)23-15(16)19-10;2*1-2/h3-6H,1-2,7H2,(H2,16,19)(H,18,22)(H,20,21);2*1-2H3/b6-5-;;. The molecule has 7 nitrogen and oxygen atoms in total. The Bertz CT molecular complexity index is 954. The van der Waals surface area contributed by atoms with Gasteiger partial charge in [0.2, 0.25) is 0 Å². The van der Waals surface area contributed by atoms with Crippen LogP contribution in [0.15, 0.2) is 41.6 Å². The number of nitrogen functional groups attached to an aromatic ring is 1. The van der Waals surface area contributed by atoms with E-state index < -0.39 is 0 Å². The second-order valence-electron chi connectivity index (χ2n) is 4.80. The first kappa shape index (κ1) is 22.0. The number of amides is 1. The molecule has 0 saturated carbocycles. The Hall–Kier alpha value is -3.00. The number of carbonyl (C=O) groups is 1. The predicted octanol–water partition coefficient (Wildman–Crippen LogP) is 4.31. The summed E-state index contributed by atoms with van der Waals surface area (Å²) in [5.74, 6) is -0.295. The third kappa shape index (κ3) is 5.24. The van der Waals surface area contributed by atoms with E-state index in [2.05, 4.69) is 38.8 Å². The minimum atomic E-state index is -0.295. The third-order valence-electron chi connectivity index (χ3n) is 3.21. The number of nitrogens with one attached hydrogen (secondary N) is 2. The topological polar surface area (TPSA) is 109 Å². The number of hydrogen-bond donors (Lipinski definition) is 3. The van der Waals surface area contributed by atoms with E-state index in [1.165, 1.54) is 17.5 Å². The van der Waals surface area contributed by atoms with Crippen LogP contribution in [0, 0.1) is 0 Å². The highest BCUT2D eigenvalue weighted by atomic mass is 32.1. The number of anilines is 1. The number of H-pyrrole nitrogens is 1. The van der Waals surface area contributed by atoms with Crippen molar-refractivity contribution in [2.75, 3.05) is 12.3 Å². The molecular weight excluding hydrogens is 360 g/mol. The molecule has 2 aromatic heterocycles. The van der Waals surface area contributed by atoms with E-state index in [0.29, 0.717) is 22.9 Å². The van der Waals surface area contributed by atoms with Gasteiger partial charge in [0, 0.05) is 12.7 Å². The number of nitrogens with two attached hydrogens (primary N) is 1.